The summed E-state index contributed by atoms with van der Waals surface area (Å²) < 4.78 is 24.5. The number of sulfonamides is 1. The molecule has 1 rings (SSSR count). The zero-order valence-corrected chi connectivity index (χ0v) is 13.4. The van der Waals surface area contributed by atoms with Crippen LogP contribution < -0.4 is 4.72 Å². The van der Waals surface area contributed by atoms with Gasteiger partial charge in [0.2, 0.25) is 15.9 Å². The Bertz CT molecular complexity index is 436. The van der Waals surface area contributed by atoms with Gasteiger partial charge in [0, 0.05) is 32.7 Å². The highest BCUT2D eigenvalue weighted by Gasteiger charge is 2.28. The predicted octanol–water partition coefficient (Wildman–Crippen LogP) is -1.16. The molecule has 1 aliphatic heterocycles. The summed E-state index contributed by atoms with van der Waals surface area (Å²) in [4.78, 5) is 15.9. The van der Waals surface area contributed by atoms with Crippen molar-refractivity contribution in [1.82, 2.24) is 14.5 Å². The largest absolute Gasteiger partial charge is 0.389 e. The Hall–Kier alpha value is -0.700. The quantitative estimate of drug-likeness (QED) is 0.669. The molecule has 1 fully saturated rings. The van der Waals surface area contributed by atoms with Gasteiger partial charge in [-0.3, -0.25) is 9.69 Å². The number of nitrogens with zero attached hydrogens (tertiary/aromatic N) is 2. The first-order chi connectivity index (χ1) is 8.98. The van der Waals surface area contributed by atoms with Crippen molar-refractivity contribution in [1.29, 1.82) is 0 Å². The fourth-order valence-electron chi connectivity index (χ4n) is 2.32. The number of rotatable bonds is 5. The van der Waals surface area contributed by atoms with Crippen LogP contribution in [0.25, 0.3) is 0 Å². The molecule has 20 heavy (non-hydrogen) atoms. The third-order valence-corrected chi connectivity index (χ3v) is 3.84. The van der Waals surface area contributed by atoms with E-state index in [2.05, 4.69) is 9.62 Å². The first-order valence-electron chi connectivity index (χ1n) is 6.69. The maximum absolute atomic E-state index is 12.1. The lowest BCUT2D eigenvalue weighted by molar-refractivity contribution is -0.134. The maximum Gasteiger partial charge on any atom is 0.240 e. The van der Waals surface area contributed by atoms with Crippen LogP contribution in [0.2, 0.25) is 0 Å². The molecule has 1 amide bonds. The zero-order valence-electron chi connectivity index (χ0n) is 12.6. The number of hydrogen-bond donors (Lipinski definition) is 2. The highest BCUT2D eigenvalue weighted by Crippen LogP contribution is 2.09. The van der Waals surface area contributed by atoms with E-state index in [0.29, 0.717) is 32.7 Å². The van der Waals surface area contributed by atoms with Gasteiger partial charge in [0.1, 0.15) is 0 Å². The molecular formula is C12H25N3O4S. The van der Waals surface area contributed by atoms with E-state index >= 15 is 0 Å². The van der Waals surface area contributed by atoms with Crippen LogP contribution in [0.4, 0.5) is 0 Å². The van der Waals surface area contributed by atoms with Gasteiger partial charge in [0.05, 0.1) is 17.9 Å². The van der Waals surface area contributed by atoms with Crippen molar-refractivity contribution in [3.63, 3.8) is 0 Å². The van der Waals surface area contributed by atoms with Crippen molar-refractivity contribution in [2.75, 3.05) is 39.0 Å². The Labute approximate surface area is 121 Å². The van der Waals surface area contributed by atoms with Crippen molar-refractivity contribution in [3.8, 4) is 0 Å². The summed E-state index contributed by atoms with van der Waals surface area (Å²) in [5, 5.41) is 9.76. The first kappa shape index (κ1) is 17.4. The Balaban J connectivity index is 2.47. The Morgan fingerprint density at radius 3 is 2.20 bits per heavy atom. The SMILES string of the molecule is CC(NS(C)(=O)=O)C(=O)N1CCN(CC(C)(C)O)CC1. The van der Waals surface area contributed by atoms with Crippen molar-refractivity contribution in [2.45, 2.75) is 32.4 Å². The monoisotopic (exact) mass is 307 g/mol. The third-order valence-electron chi connectivity index (χ3n) is 3.06. The van der Waals surface area contributed by atoms with Crippen LogP contribution in [0.3, 0.4) is 0 Å². The van der Waals surface area contributed by atoms with Crippen molar-refractivity contribution in [2.24, 2.45) is 0 Å². The number of amides is 1. The number of nitrogens with one attached hydrogen (secondary N) is 1. The summed E-state index contributed by atoms with van der Waals surface area (Å²) in [6.45, 7) is 8.07. The number of hydrogen-bond acceptors (Lipinski definition) is 5. The van der Waals surface area contributed by atoms with Crippen molar-refractivity contribution >= 4 is 15.9 Å². The lowest BCUT2D eigenvalue weighted by atomic mass is 10.1. The minimum absolute atomic E-state index is 0.210. The average Bonchev–Trinajstić information content (AvgIpc) is 2.24. The van der Waals surface area contributed by atoms with E-state index in [-0.39, 0.29) is 5.91 Å². The highest BCUT2D eigenvalue weighted by molar-refractivity contribution is 7.88. The Morgan fingerprint density at radius 2 is 1.80 bits per heavy atom. The molecule has 118 valence electrons. The first-order valence-corrected chi connectivity index (χ1v) is 8.58. The fourth-order valence-corrected chi connectivity index (χ4v) is 3.06. The van der Waals surface area contributed by atoms with Crippen molar-refractivity contribution in [3.05, 3.63) is 0 Å². The van der Waals surface area contributed by atoms with Gasteiger partial charge < -0.3 is 10.0 Å². The third kappa shape index (κ3) is 6.17. The molecule has 0 aromatic carbocycles. The fraction of sp³-hybridized carbons (Fsp3) is 0.917. The molecule has 7 nitrogen and oxygen atoms in total. The molecule has 1 aliphatic rings. The van der Waals surface area contributed by atoms with Gasteiger partial charge in [0.25, 0.3) is 0 Å². The smallest absolute Gasteiger partial charge is 0.240 e. The molecule has 1 unspecified atom stereocenters. The van der Waals surface area contributed by atoms with Gasteiger partial charge >= 0.3 is 0 Å². The van der Waals surface area contributed by atoms with E-state index in [9.17, 15) is 18.3 Å². The van der Waals surface area contributed by atoms with Gasteiger partial charge in [-0.25, -0.2) is 13.1 Å². The molecule has 1 saturated heterocycles. The van der Waals surface area contributed by atoms with E-state index in [0.717, 1.165) is 6.26 Å². The standard InChI is InChI=1S/C12H25N3O4S/c1-10(13-20(4,18)19)11(16)15-7-5-14(6-8-15)9-12(2,3)17/h10,13,17H,5-9H2,1-4H3. The van der Waals surface area contributed by atoms with E-state index in [4.69, 9.17) is 0 Å². The molecular weight excluding hydrogens is 282 g/mol. The van der Waals surface area contributed by atoms with Crippen LogP contribution in [0, 0.1) is 0 Å². The second-order valence-electron chi connectivity index (χ2n) is 6.03. The molecule has 0 spiro atoms. The van der Waals surface area contributed by atoms with Crippen LogP contribution in [0.15, 0.2) is 0 Å². The summed E-state index contributed by atoms with van der Waals surface area (Å²) in [5.74, 6) is -0.210. The molecule has 0 radical (unpaired) electrons. The summed E-state index contributed by atoms with van der Waals surface area (Å²) >= 11 is 0. The second kappa shape index (κ2) is 6.38. The van der Waals surface area contributed by atoms with E-state index < -0.39 is 21.7 Å². The van der Waals surface area contributed by atoms with Crippen LogP contribution in [0.1, 0.15) is 20.8 Å². The summed E-state index contributed by atoms with van der Waals surface area (Å²) in [6, 6.07) is -0.745. The van der Waals surface area contributed by atoms with Gasteiger partial charge in [-0.1, -0.05) is 0 Å². The molecule has 1 heterocycles. The number of carbonyl (C=O) groups is 1. The zero-order chi connectivity index (χ0) is 15.6. The average molecular weight is 307 g/mol. The number of aliphatic hydroxyl groups is 1. The van der Waals surface area contributed by atoms with E-state index in [1.165, 1.54) is 0 Å². The molecule has 0 bridgehead atoms. The van der Waals surface area contributed by atoms with E-state index in [1.54, 1.807) is 25.7 Å². The Morgan fingerprint density at radius 1 is 1.30 bits per heavy atom. The summed E-state index contributed by atoms with van der Waals surface area (Å²) in [7, 11) is -3.38. The van der Waals surface area contributed by atoms with Gasteiger partial charge in [-0.15, -0.1) is 0 Å². The minimum Gasteiger partial charge on any atom is -0.389 e. The normalized spacial score (nSPS) is 19.9. The Kier molecular flexibility index (Phi) is 5.54. The van der Waals surface area contributed by atoms with Gasteiger partial charge in [-0.05, 0) is 20.8 Å². The molecule has 8 heteroatoms. The summed E-state index contributed by atoms with van der Waals surface area (Å²) in [5.41, 5.74) is -0.753. The molecule has 0 aromatic heterocycles. The topological polar surface area (TPSA) is 90.0 Å². The predicted molar refractivity (Wildman–Crippen MR) is 76.8 cm³/mol. The lowest BCUT2D eigenvalue weighted by Gasteiger charge is -2.38. The second-order valence-corrected chi connectivity index (χ2v) is 7.81. The number of carbonyl (C=O) groups excluding carboxylic acids is 1. The number of piperazine rings is 1. The van der Waals surface area contributed by atoms with Crippen LogP contribution in [-0.2, 0) is 14.8 Å². The minimum atomic E-state index is -3.38. The molecule has 0 aliphatic carbocycles. The lowest BCUT2D eigenvalue weighted by Crippen LogP contribution is -2.55. The molecule has 2 N–H and O–H groups in total. The molecule has 0 saturated carbocycles. The maximum atomic E-state index is 12.1. The van der Waals surface area contributed by atoms with Crippen molar-refractivity contribution < 1.29 is 18.3 Å². The molecule has 1 atom stereocenters. The summed E-state index contributed by atoms with van der Waals surface area (Å²) in [6.07, 6.45) is 1.04. The van der Waals surface area contributed by atoms with Crippen LogP contribution in [0.5, 0.6) is 0 Å². The van der Waals surface area contributed by atoms with E-state index in [1.807, 2.05) is 0 Å². The number of β-amino-alcohol motifs (C(OH)–C–C–N with tert-alkyl or cyclic N) is 1. The van der Waals surface area contributed by atoms with Crippen LogP contribution in [-0.4, -0.2) is 79.9 Å². The highest BCUT2D eigenvalue weighted by atomic mass is 32.2. The van der Waals surface area contributed by atoms with Gasteiger partial charge in [-0.2, -0.15) is 0 Å². The molecule has 0 aromatic rings. The van der Waals surface area contributed by atoms with Gasteiger partial charge in [0.15, 0.2) is 0 Å². The van der Waals surface area contributed by atoms with Crippen LogP contribution >= 0.6 is 0 Å².